The molecule has 2 aliphatic heterocycles. The minimum Gasteiger partial charge on any atom is -0.496 e. The average molecular weight is 1350 g/mol. The van der Waals surface area contributed by atoms with Crippen LogP contribution in [0.25, 0.3) is 21.5 Å². The lowest BCUT2D eigenvalue weighted by atomic mass is 10.0. The number of methoxy groups -OCH3 is 2. The lowest BCUT2D eigenvalue weighted by Crippen LogP contribution is -2.57. The van der Waals surface area contributed by atoms with E-state index in [0.29, 0.717) is 45.4 Å². The minimum atomic E-state index is -1.42. The summed E-state index contributed by atoms with van der Waals surface area (Å²) >= 11 is 7.14. The molecule has 22 heteroatoms. The number of amides is 8. The minimum absolute atomic E-state index is 0.0142. The molecule has 4 atom stereocenters. The fraction of sp³-hybridized carbons (Fsp3) is 0.324. The van der Waals surface area contributed by atoms with Crippen molar-refractivity contribution in [1.29, 1.82) is 0 Å². The Balaban J connectivity index is 1.11. The summed E-state index contributed by atoms with van der Waals surface area (Å²) in [6.45, 7) is 12.2. The summed E-state index contributed by atoms with van der Waals surface area (Å²) in [6.07, 6.45) is -1.54. The highest BCUT2D eigenvalue weighted by molar-refractivity contribution is 9.10. The summed E-state index contributed by atoms with van der Waals surface area (Å²) in [5.41, 5.74) is 0.795. The van der Waals surface area contributed by atoms with Crippen molar-refractivity contribution in [2.24, 2.45) is 0 Å². The lowest BCUT2D eigenvalue weighted by Gasteiger charge is -2.30. The van der Waals surface area contributed by atoms with Crippen molar-refractivity contribution in [3.63, 3.8) is 0 Å². The van der Waals surface area contributed by atoms with Crippen molar-refractivity contribution in [3.05, 3.63) is 165 Å². The van der Waals surface area contributed by atoms with Crippen LogP contribution in [0, 0.1) is 0 Å². The Morgan fingerprint density at radius 2 is 0.889 bits per heavy atom. The first-order valence-corrected chi connectivity index (χ1v) is 30.7. The van der Waals surface area contributed by atoms with Crippen molar-refractivity contribution >= 4 is 124 Å². The smallest absolute Gasteiger partial charge is 0.410 e. The number of rotatable bonds is 14. The highest BCUT2D eigenvalue weighted by atomic mass is 79.9. The second-order valence-electron chi connectivity index (χ2n) is 24.1. The van der Waals surface area contributed by atoms with Gasteiger partial charge >= 0.3 is 12.2 Å². The van der Waals surface area contributed by atoms with Crippen LogP contribution in [0.3, 0.4) is 0 Å². The summed E-state index contributed by atoms with van der Waals surface area (Å²) in [7, 11) is 5.89. The van der Waals surface area contributed by atoms with Gasteiger partial charge in [0.2, 0.25) is 11.8 Å². The molecule has 0 spiro atoms. The zero-order chi connectivity index (χ0) is 65.3. The van der Waals surface area contributed by atoms with Crippen molar-refractivity contribution in [3.8, 4) is 11.5 Å². The molecule has 0 unspecified atom stereocenters. The molecule has 470 valence electrons. The molecule has 0 saturated heterocycles. The molecular weight excluding hydrogens is 1280 g/mol. The number of fused-ring (bicyclic) bond motifs is 4. The van der Waals surface area contributed by atoms with Crippen LogP contribution >= 0.6 is 31.9 Å². The van der Waals surface area contributed by atoms with Crippen LogP contribution in [0.5, 0.6) is 11.5 Å². The largest absolute Gasteiger partial charge is 0.496 e. The third kappa shape index (κ3) is 14.0. The number of likely N-dealkylation sites (N-methyl/N-ethyl adjacent to an activating group) is 2. The summed E-state index contributed by atoms with van der Waals surface area (Å²) < 4.78 is 24.6. The number of nitrogens with zero attached hydrogens (tertiary/aromatic N) is 6. The van der Waals surface area contributed by atoms with Gasteiger partial charge < -0.3 is 49.2 Å². The lowest BCUT2D eigenvalue weighted by molar-refractivity contribution is -0.130. The summed E-state index contributed by atoms with van der Waals surface area (Å²) in [5, 5.41) is 9.02. The quantitative estimate of drug-likeness (QED) is 0.104. The number of para-hydroxylation sites is 4. The van der Waals surface area contributed by atoms with E-state index in [1.807, 2.05) is 60.7 Å². The molecule has 0 aromatic heterocycles. The molecule has 2 N–H and O–H groups in total. The van der Waals surface area contributed by atoms with Gasteiger partial charge in [0, 0.05) is 45.3 Å². The molecule has 7 aromatic rings. The maximum Gasteiger partial charge on any atom is 0.410 e. The number of hydrogen-bond donors (Lipinski definition) is 2. The van der Waals surface area contributed by atoms with Gasteiger partial charge in [-0.2, -0.15) is 0 Å². The van der Waals surface area contributed by atoms with E-state index in [9.17, 15) is 19.2 Å². The number of halogens is 2. The van der Waals surface area contributed by atoms with Crippen molar-refractivity contribution < 1.29 is 57.3 Å². The fourth-order valence-electron chi connectivity index (χ4n) is 10.8. The summed E-state index contributed by atoms with van der Waals surface area (Å²) in [6, 6.07) is 33.4. The Hall–Kier alpha value is -9.02. The van der Waals surface area contributed by atoms with E-state index in [-0.39, 0.29) is 24.2 Å². The molecule has 0 aliphatic carbocycles. The number of ether oxygens (including phenoxy) is 4. The summed E-state index contributed by atoms with van der Waals surface area (Å²) in [5.74, 6) is -2.92. The van der Waals surface area contributed by atoms with Gasteiger partial charge in [-0.25, -0.2) is 9.59 Å². The molecule has 2 heterocycles. The zero-order valence-corrected chi connectivity index (χ0v) is 55.3. The molecule has 0 fully saturated rings. The van der Waals surface area contributed by atoms with Crippen LogP contribution in [0.15, 0.2) is 142 Å². The van der Waals surface area contributed by atoms with E-state index >= 15 is 19.2 Å². The van der Waals surface area contributed by atoms with Crippen LogP contribution in [0.4, 0.5) is 32.3 Å². The second-order valence-corrected chi connectivity index (χ2v) is 26.0. The van der Waals surface area contributed by atoms with Crippen molar-refractivity contribution in [2.75, 3.05) is 61.0 Å². The van der Waals surface area contributed by atoms with E-state index in [1.54, 1.807) is 96.1 Å². The SMILES string of the molecule is COc1ccc2cc(Br)ccc2c1CN1C(=O)[C@@H](NC(=O)[C@H](C)N(C)C(=O)OC(C)(C)C)CN(C(=O)c2cccc(C(=O)N3C[C@H](NC(=O)[C@H](C)N(C)C(=O)OC(C)(C)C)C(=O)N(Cc4c(OC)ccc5cc(Br)ccc45)c4ccccc43)c2)c2ccccc21. The highest BCUT2D eigenvalue weighted by Crippen LogP contribution is 2.41. The Morgan fingerprint density at radius 1 is 0.522 bits per heavy atom. The van der Waals surface area contributed by atoms with Gasteiger partial charge in [0.15, 0.2) is 0 Å². The molecule has 20 nitrogen and oxygen atoms in total. The number of benzene rings is 7. The van der Waals surface area contributed by atoms with Crippen molar-refractivity contribution in [1.82, 2.24) is 20.4 Å². The van der Waals surface area contributed by atoms with Crippen LogP contribution < -0.4 is 39.7 Å². The van der Waals surface area contributed by atoms with Crippen molar-refractivity contribution in [2.45, 2.75) is 104 Å². The monoisotopic (exact) mass is 1350 g/mol. The van der Waals surface area contributed by atoms with E-state index in [0.717, 1.165) is 40.3 Å². The predicted octanol–water partition coefficient (Wildman–Crippen LogP) is 11.4. The average Bonchev–Trinajstić information content (AvgIpc) is 1.59. The van der Waals surface area contributed by atoms with Crippen LogP contribution in [-0.4, -0.2) is 134 Å². The Kier molecular flexibility index (Phi) is 19.3. The van der Waals surface area contributed by atoms with Crippen LogP contribution in [0.2, 0.25) is 0 Å². The van der Waals surface area contributed by atoms with Gasteiger partial charge in [0.05, 0.1) is 63.1 Å². The van der Waals surface area contributed by atoms with Crippen LogP contribution in [-0.2, 0) is 41.7 Å². The second kappa shape index (κ2) is 26.6. The number of nitrogens with one attached hydrogen (secondary N) is 2. The molecule has 7 aromatic carbocycles. The van der Waals surface area contributed by atoms with Gasteiger partial charge in [-0.05, 0) is 156 Å². The number of anilines is 4. The molecule has 90 heavy (non-hydrogen) atoms. The first kappa shape index (κ1) is 65.4. The highest BCUT2D eigenvalue weighted by Gasteiger charge is 2.42. The molecule has 8 amide bonds. The Morgan fingerprint density at radius 3 is 1.24 bits per heavy atom. The van der Waals surface area contributed by atoms with Gasteiger partial charge in [-0.1, -0.05) is 86.5 Å². The van der Waals surface area contributed by atoms with Gasteiger partial charge in [0.1, 0.15) is 46.9 Å². The molecule has 0 radical (unpaired) electrons. The molecule has 0 saturated carbocycles. The third-order valence-electron chi connectivity index (χ3n) is 15.7. The van der Waals surface area contributed by atoms with E-state index in [4.69, 9.17) is 18.9 Å². The molecular formula is C68H72Br2N8O12. The van der Waals surface area contributed by atoms with Gasteiger partial charge in [0.25, 0.3) is 23.6 Å². The number of carbonyl (C=O) groups is 8. The summed E-state index contributed by atoms with van der Waals surface area (Å²) in [4.78, 5) is 126. The number of carbonyl (C=O) groups excluding carboxylic acids is 8. The molecule has 9 rings (SSSR count). The Bertz CT molecular complexity index is 3750. The molecule has 2 aliphatic rings. The predicted molar refractivity (Wildman–Crippen MR) is 352 cm³/mol. The fourth-order valence-corrected chi connectivity index (χ4v) is 11.6. The van der Waals surface area contributed by atoms with Gasteiger partial charge in [-0.15, -0.1) is 0 Å². The van der Waals surface area contributed by atoms with E-state index in [2.05, 4.69) is 42.5 Å². The number of hydrogen-bond acceptors (Lipinski definition) is 12. The maximum absolute atomic E-state index is 15.7. The maximum atomic E-state index is 15.7. The molecule has 0 bridgehead atoms. The first-order chi connectivity index (χ1) is 42.6. The normalized spacial score (nSPS) is 15.8. The van der Waals surface area contributed by atoms with Gasteiger partial charge in [-0.3, -0.25) is 38.6 Å². The Labute approximate surface area is 539 Å². The third-order valence-corrected chi connectivity index (χ3v) is 16.7. The topological polar surface area (TPSA) is 217 Å². The first-order valence-electron chi connectivity index (χ1n) is 29.1. The van der Waals surface area contributed by atoms with E-state index < -0.39 is 96.1 Å². The van der Waals surface area contributed by atoms with E-state index in [1.165, 1.54) is 80.0 Å². The van der Waals surface area contributed by atoms with Crippen LogP contribution in [0.1, 0.15) is 87.2 Å². The zero-order valence-electron chi connectivity index (χ0n) is 52.2. The standard InChI is InChI=1S/C68H72Br2N8O12/c1-39(73(9)65(85)89-67(3,4)5)59(79)71-51-37-77(55-22-15-13-20-53(55)75(63(51)83)35-49-47-28-26-45(69)33-41(47)24-30-57(49)87-11)61(81)43-18-17-19-44(32-43)62(82)78-38-52(72-60(80)40(2)74(10)66(86)90-68(6,7)8)64(84)76(54-21-14-16-23-56(54)78)36-50-48-29-27-46(70)34-42(48)25-31-58(50)88-12/h13-34,39-40,51-52H,35-38H2,1-12H3,(H,71,79)(H,72,80)/t39-,40-,51-,52-/m0/s1.